The topological polar surface area (TPSA) is 68.0 Å². The number of rotatable bonds is 5. The summed E-state index contributed by atoms with van der Waals surface area (Å²) in [6, 6.07) is 0. The molecule has 1 N–H and O–H groups in total. The minimum absolute atomic E-state index is 0.0446. The number of carboxylic acids is 1. The summed E-state index contributed by atoms with van der Waals surface area (Å²) in [7, 11) is 1.88. The number of aliphatic carboxylic acids is 1. The Morgan fingerprint density at radius 2 is 2.00 bits per heavy atom. The van der Waals surface area contributed by atoms with Crippen molar-refractivity contribution in [2.75, 3.05) is 0 Å². The van der Waals surface area contributed by atoms with E-state index in [1.807, 2.05) is 7.05 Å². The third-order valence-electron chi connectivity index (χ3n) is 2.57. The SMILES string of the molecule is Cn1nc(C(C)(C)C)nc1CCCCC(=O)O. The van der Waals surface area contributed by atoms with E-state index in [0.29, 0.717) is 6.42 Å². The molecule has 0 aliphatic carbocycles. The lowest BCUT2D eigenvalue weighted by Gasteiger charge is -2.11. The molecule has 0 fully saturated rings. The maximum Gasteiger partial charge on any atom is 0.303 e. The second-order valence-electron chi connectivity index (χ2n) is 5.33. The molecule has 1 rings (SSSR count). The van der Waals surface area contributed by atoms with Gasteiger partial charge in [0.1, 0.15) is 5.82 Å². The number of aromatic nitrogens is 3. The zero-order valence-corrected chi connectivity index (χ0v) is 11.0. The van der Waals surface area contributed by atoms with Gasteiger partial charge in [0.05, 0.1) is 0 Å². The van der Waals surface area contributed by atoms with Crippen LogP contribution in [0.3, 0.4) is 0 Å². The summed E-state index contributed by atoms with van der Waals surface area (Å²) in [5, 5.41) is 12.9. The van der Waals surface area contributed by atoms with Crippen LogP contribution < -0.4 is 0 Å². The smallest absolute Gasteiger partial charge is 0.303 e. The Morgan fingerprint density at radius 1 is 1.35 bits per heavy atom. The van der Waals surface area contributed by atoms with Gasteiger partial charge in [-0.2, -0.15) is 5.10 Å². The average molecular weight is 239 g/mol. The summed E-state index contributed by atoms with van der Waals surface area (Å²) in [5.41, 5.74) is -0.0446. The molecule has 0 amide bonds. The molecule has 0 aliphatic rings. The first-order valence-electron chi connectivity index (χ1n) is 5.93. The molecule has 1 heterocycles. The van der Waals surface area contributed by atoms with Crippen LogP contribution in [0.1, 0.15) is 51.7 Å². The molecular weight excluding hydrogens is 218 g/mol. The molecule has 96 valence electrons. The minimum atomic E-state index is -0.738. The lowest BCUT2D eigenvalue weighted by atomic mass is 9.96. The van der Waals surface area contributed by atoms with Gasteiger partial charge in [0.2, 0.25) is 0 Å². The van der Waals surface area contributed by atoms with Gasteiger partial charge >= 0.3 is 5.97 Å². The highest BCUT2D eigenvalue weighted by Gasteiger charge is 2.20. The Labute approximate surface area is 102 Å². The fourth-order valence-electron chi connectivity index (χ4n) is 1.51. The molecule has 0 atom stereocenters. The first-order chi connectivity index (χ1) is 7.80. The summed E-state index contributed by atoms with van der Waals surface area (Å²) in [5.74, 6) is 1.03. The van der Waals surface area contributed by atoms with Crippen LogP contribution in [0, 0.1) is 0 Å². The summed E-state index contributed by atoms with van der Waals surface area (Å²) in [4.78, 5) is 14.9. The summed E-state index contributed by atoms with van der Waals surface area (Å²) >= 11 is 0. The molecule has 0 radical (unpaired) electrons. The second-order valence-corrected chi connectivity index (χ2v) is 5.33. The molecule has 0 spiro atoms. The fraction of sp³-hybridized carbons (Fsp3) is 0.750. The maximum absolute atomic E-state index is 10.4. The van der Waals surface area contributed by atoms with Gasteiger partial charge in [-0.05, 0) is 12.8 Å². The lowest BCUT2D eigenvalue weighted by molar-refractivity contribution is -0.137. The molecule has 17 heavy (non-hydrogen) atoms. The van der Waals surface area contributed by atoms with E-state index in [-0.39, 0.29) is 11.8 Å². The monoisotopic (exact) mass is 239 g/mol. The van der Waals surface area contributed by atoms with Crippen molar-refractivity contribution in [1.82, 2.24) is 14.8 Å². The van der Waals surface area contributed by atoms with Crippen molar-refractivity contribution in [2.45, 2.75) is 51.9 Å². The van der Waals surface area contributed by atoms with Gasteiger partial charge < -0.3 is 5.11 Å². The first-order valence-corrected chi connectivity index (χ1v) is 5.93. The number of aryl methyl sites for hydroxylation is 2. The molecule has 1 aromatic heterocycles. The molecule has 0 saturated carbocycles. The quantitative estimate of drug-likeness (QED) is 0.797. The molecule has 0 saturated heterocycles. The Hall–Kier alpha value is -1.39. The molecule has 1 aromatic rings. The Kier molecular flexibility index (Phi) is 4.26. The van der Waals surface area contributed by atoms with Gasteiger partial charge in [0.15, 0.2) is 5.82 Å². The molecule has 0 aromatic carbocycles. The number of hydrogen-bond donors (Lipinski definition) is 1. The van der Waals surface area contributed by atoms with Crippen LogP contribution in [-0.4, -0.2) is 25.8 Å². The van der Waals surface area contributed by atoms with Crippen molar-refractivity contribution >= 4 is 5.97 Å². The normalized spacial score (nSPS) is 11.8. The van der Waals surface area contributed by atoms with Gasteiger partial charge in [0, 0.05) is 25.3 Å². The van der Waals surface area contributed by atoms with Crippen LogP contribution in [0.15, 0.2) is 0 Å². The molecule has 0 unspecified atom stereocenters. The molecule has 5 heteroatoms. The lowest BCUT2D eigenvalue weighted by Crippen LogP contribution is -2.13. The highest BCUT2D eigenvalue weighted by atomic mass is 16.4. The van der Waals surface area contributed by atoms with Crippen LogP contribution in [0.2, 0.25) is 0 Å². The standard InChI is InChI=1S/C12H21N3O2/c1-12(2,3)11-13-9(15(4)14-11)7-5-6-8-10(16)17/h5-8H2,1-4H3,(H,16,17). The van der Waals surface area contributed by atoms with Crippen LogP contribution in [0.4, 0.5) is 0 Å². The van der Waals surface area contributed by atoms with Crippen molar-refractivity contribution in [1.29, 1.82) is 0 Å². The van der Waals surface area contributed by atoms with E-state index in [9.17, 15) is 4.79 Å². The van der Waals surface area contributed by atoms with Crippen LogP contribution in [0.5, 0.6) is 0 Å². The maximum atomic E-state index is 10.4. The fourth-order valence-corrected chi connectivity index (χ4v) is 1.51. The predicted molar refractivity (Wildman–Crippen MR) is 64.9 cm³/mol. The van der Waals surface area contributed by atoms with E-state index in [0.717, 1.165) is 24.5 Å². The van der Waals surface area contributed by atoms with Gasteiger partial charge in [0.25, 0.3) is 0 Å². The first kappa shape index (κ1) is 13.7. The third kappa shape index (κ3) is 4.17. The van der Waals surface area contributed by atoms with E-state index in [2.05, 4.69) is 30.9 Å². The Balaban J connectivity index is 2.54. The highest BCUT2D eigenvalue weighted by Crippen LogP contribution is 2.18. The van der Waals surface area contributed by atoms with Crippen molar-refractivity contribution in [3.63, 3.8) is 0 Å². The number of unbranched alkanes of at least 4 members (excludes halogenated alkanes) is 1. The van der Waals surface area contributed by atoms with Gasteiger partial charge in [-0.1, -0.05) is 20.8 Å². The number of carbonyl (C=O) groups is 1. The van der Waals surface area contributed by atoms with E-state index in [1.54, 1.807) is 4.68 Å². The number of hydrogen-bond acceptors (Lipinski definition) is 3. The summed E-state index contributed by atoms with van der Waals surface area (Å²) in [6.45, 7) is 6.24. The molecular formula is C12H21N3O2. The zero-order valence-electron chi connectivity index (χ0n) is 11.0. The van der Waals surface area contributed by atoms with Crippen molar-refractivity contribution in [3.8, 4) is 0 Å². The number of nitrogens with zero attached hydrogens (tertiary/aromatic N) is 3. The highest BCUT2D eigenvalue weighted by molar-refractivity contribution is 5.66. The van der Waals surface area contributed by atoms with Crippen LogP contribution >= 0.6 is 0 Å². The van der Waals surface area contributed by atoms with Crippen LogP contribution in [-0.2, 0) is 23.7 Å². The summed E-state index contributed by atoms with van der Waals surface area (Å²) in [6.07, 6.45) is 2.53. The van der Waals surface area contributed by atoms with E-state index >= 15 is 0 Å². The third-order valence-corrected chi connectivity index (χ3v) is 2.57. The Bertz CT molecular complexity index is 391. The van der Waals surface area contributed by atoms with Crippen molar-refractivity contribution in [3.05, 3.63) is 11.6 Å². The van der Waals surface area contributed by atoms with Crippen molar-refractivity contribution < 1.29 is 9.90 Å². The van der Waals surface area contributed by atoms with E-state index < -0.39 is 5.97 Å². The summed E-state index contributed by atoms with van der Waals surface area (Å²) < 4.78 is 1.79. The minimum Gasteiger partial charge on any atom is -0.481 e. The largest absolute Gasteiger partial charge is 0.481 e. The van der Waals surface area contributed by atoms with E-state index in [1.165, 1.54) is 0 Å². The number of carboxylic acid groups (broad SMARTS) is 1. The zero-order chi connectivity index (χ0) is 13.1. The molecule has 0 bridgehead atoms. The average Bonchev–Trinajstić information content (AvgIpc) is 2.54. The molecule has 0 aliphatic heterocycles. The van der Waals surface area contributed by atoms with Gasteiger partial charge in [-0.15, -0.1) is 0 Å². The van der Waals surface area contributed by atoms with Crippen molar-refractivity contribution in [2.24, 2.45) is 7.05 Å². The van der Waals surface area contributed by atoms with E-state index in [4.69, 9.17) is 5.11 Å². The van der Waals surface area contributed by atoms with Crippen LogP contribution in [0.25, 0.3) is 0 Å². The predicted octanol–water partition coefficient (Wildman–Crippen LogP) is 1.91. The second kappa shape index (κ2) is 5.29. The molecule has 5 nitrogen and oxygen atoms in total. The Morgan fingerprint density at radius 3 is 2.47 bits per heavy atom. The van der Waals surface area contributed by atoms with Gasteiger partial charge in [-0.25, -0.2) is 4.98 Å². The van der Waals surface area contributed by atoms with Gasteiger partial charge in [-0.3, -0.25) is 9.48 Å².